The molecule has 1 fully saturated rings. The molecule has 1 N–H and O–H groups in total. The maximum atomic E-state index is 13.5. The monoisotopic (exact) mass is 443 g/mol. The van der Waals surface area contributed by atoms with Crippen molar-refractivity contribution in [2.75, 3.05) is 50.2 Å². The third kappa shape index (κ3) is 4.52. The number of ether oxygens (including phenoxy) is 2. The summed E-state index contributed by atoms with van der Waals surface area (Å²) >= 11 is 0. The number of hydrogen-bond acceptors (Lipinski definition) is 5. The van der Waals surface area contributed by atoms with Gasteiger partial charge in [0.2, 0.25) is 0 Å². The fourth-order valence-electron chi connectivity index (χ4n) is 4.52. The Bertz CT molecular complexity index is 1090. The van der Waals surface area contributed by atoms with Crippen LogP contribution in [0.25, 0.3) is 0 Å². The molecule has 1 atom stereocenters. The molecule has 2 aliphatic heterocycles. The minimum Gasteiger partial charge on any atom is -0.497 e. The number of benzene rings is 3. The summed E-state index contributed by atoms with van der Waals surface area (Å²) in [6.07, 6.45) is 0.548. The zero-order chi connectivity index (χ0) is 22.6. The topological polar surface area (TPSA) is 54.0 Å². The number of nitrogens with zero attached hydrogens (tertiary/aromatic N) is 2. The number of carbonyl (C=O) groups is 1. The predicted octanol–water partition coefficient (Wildman–Crippen LogP) is 4.34. The standard InChI is InChI=1S/C27H29N3O3/c1-32-23-12-6-20(7-13-23)14-15-30-26(28-25-5-3-2-4-24(25)27(30)31)21-8-10-22(11-9-21)29-16-18-33-19-17-29/h2-13,26,28H,14-19H2,1H3. The highest BCUT2D eigenvalue weighted by atomic mass is 16.5. The van der Waals surface area contributed by atoms with E-state index in [2.05, 4.69) is 46.6 Å². The Morgan fingerprint density at radius 3 is 2.42 bits per heavy atom. The van der Waals surface area contributed by atoms with Crippen molar-refractivity contribution in [1.82, 2.24) is 4.90 Å². The fourth-order valence-corrected chi connectivity index (χ4v) is 4.52. The number of methoxy groups -OCH3 is 1. The Morgan fingerprint density at radius 1 is 0.970 bits per heavy atom. The molecule has 2 heterocycles. The third-order valence-electron chi connectivity index (χ3n) is 6.41. The molecule has 0 spiro atoms. The Balaban J connectivity index is 1.39. The smallest absolute Gasteiger partial charge is 0.257 e. The molecule has 0 bridgehead atoms. The van der Waals surface area contributed by atoms with E-state index in [0.29, 0.717) is 12.1 Å². The first-order chi connectivity index (χ1) is 16.2. The van der Waals surface area contributed by atoms with Gasteiger partial charge in [-0.05, 0) is 53.9 Å². The highest BCUT2D eigenvalue weighted by molar-refractivity contribution is 6.01. The van der Waals surface area contributed by atoms with Crippen LogP contribution in [0, 0.1) is 0 Å². The van der Waals surface area contributed by atoms with Gasteiger partial charge in [-0.1, -0.05) is 36.4 Å². The lowest BCUT2D eigenvalue weighted by molar-refractivity contribution is 0.0685. The molecule has 5 rings (SSSR count). The zero-order valence-electron chi connectivity index (χ0n) is 18.9. The molecule has 0 saturated carbocycles. The Hall–Kier alpha value is -3.51. The van der Waals surface area contributed by atoms with E-state index in [9.17, 15) is 4.79 Å². The van der Waals surface area contributed by atoms with Gasteiger partial charge in [0.25, 0.3) is 5.91 Å². The molecule has 33 heavy (non-hydrogen) atoms. The van der Waals surface area contributed by atoms with Crippen molar-refractivity contribution >= 4 is 17.3 Å². The molecule has 1 unspecified atom stereocenters. The van der Waals surface area contributed by atoms with Crippen LogP contribution < -0.4 is 15.0 Å². The lowest BCUT2D eigenvalue weighted by Gasteiger charge is -2.38. The molecule has 0 aromatic heterocycles. The van der Waals surface area contributed by atoms with E-state index >= 15 is 0 Å². The fraction of sp³-hybridized carbons (Fsp3) is 0.296. The van der Waals surface area contributed by atoms with E-state index < -0.39 is 0 Å². The number of carbonyl (C=O) groups excluding carboxylic acids is 1. The molecule has 6 nitrogen and oxygen atoms in total. The summed E-state index contributed by atoms with van der Waals surface area (Å²) in [5.74, 6) is 0.891. The van der Waals surface area contributed by atoms with Gasteiger partial charge in [0, 0.05) is 31.0 Å². The van der Waals surface area contributed by atoms with Crippen LogP contribution in [0.5, 0.6) is 5.75 Å². The predicted molar refractivity (Wildman–Crippen MR) is 130 cm³/mol. The van der Waals surface area contributed by atoms with Crippen LogP contribution in [0.15, 0.2) is 72.8 Å². The molecule has 0 radical (unpaired) electrons. The van der Waals surface area contributed by atoms with Crippen molar-refractivity contribution in [2.24, 2.45) is 0 Å². The molecular formula is C27H29N3O3. The molecule has 170 valence electrons. The number of morpholine rings is 1. The van der Waals surface area contributed by atoms with Crippen LogP contribution in [0.3, 0.4) is 0 Å². The number of anilines is 2. The first-order valence-corrected chi connectivity index (χ1v) is 11.4. The van der Waals surface area contributed by atoms with Gasteiger partial charge in [-0.2, -0.15) is 0 Å². The molecule has 0 aliphatic carbocycles. The van der Waals surface area contributed by atoms with Gasteiger partial charge in [0.1, 0.15) is 11.9 Å². The summed E-state index contributed by atoms with van der Waals surface area (Å²) in [5.41, 5.74) is 5.03. The van der Waals surface area contributed by atoms with Crippen molar-refractivity contribution in [2.45, 2.75) is 12.6 Å². The van der Waals surface area contributed by atoms with E-state index in [4.69, 9.17) is 9.47 Å². The maximum Gasteiger partial charge on any atom is 0.257 e. The van der Waals surface area contributed by atoms with Crippen molar-refractivity contribution in [3.8, 4) is 5.75 Å². The lowest BCUT2D eigenvalue weighted by atomic mass is 10.0. The molecule has 1 saturated heterocycles. The normalized spacial score (nSPS) is 18.0. The van der Waals surface area contributed by atoms with E-state index in [1.165, 1.54) is 11.3 Å². The van der Waals surface area contributed by atoms with E-state index in [-0.39, 0.29) is 12.1 Å². The number of hydrogen-bond donors (Lipinski definition) is 1. The van der Waals surface area contributed by atoms with Gasteiger partial charge in [0.05, 0.1) is 25.9 Å². The molecule has 2 aliphatic rings. The van der Waals surface area contributed by atoms with Crippen LogP contribution in [-0.2, 0) is 11.2 Å². The summed E-state index contributed by atoms with van der Waals surface area (Å²) < 4.78 is 10.7. The van der Waals surface area contributed by atoms with Gasteiger partial charge in [-0.15, -0.1) is 0 Å². The molecule has 6 heteroatoms. The summed E-state index contributed by atoms with van der Waals surface area (Å²) in [7, 11) is 1.67. The molecular weight excluding hydrogens is 414 g/mol. The van der Waals surface area contributed by atoms with E-state index in [1.807, 2.05) is 41.3 Å². The van der Waals surface area contributed by atoms with Gasteiger partial charge >= 0.3 is 0 Å². The average molecular weight is 444 g/mol. The molecule has 3 aromatic rings. The minimum absolute atomic E-state index is 0.0557. The van der Waals surface area contributed by atoms with Crippen LogP contribution in [0.2, 0.25) is 0 Å². The van der Waals surface area contributed by atoms with Crippen molar-refractivity contribution in [3.63, 3.8) is 0 Å². The second kappa shape index (κ2) is 9.55. The van der Waals surface area contributed by atoms with E-state index in [0.717, 1.165) is 49.7 Å². The second-order valence-corrected chi connectivity index (χ2v) is 8.38. The van der Waals surface area contributed by atoms with Crippen LogP contribution in [0.4, 0.5) is 11.4 Å². The summed E-state index contributed by atoms with van der Waals surface area (Å²) in [6.45, 7) is 3.94. The lowest BCUT2D eigenvalue weighted by Crippen LogP contribution is -2.44. The first kappa shape index (κ1) is 21.3. The quantitative estimate of drug-likeness (QED) is 0.614. The number of amides is 1. The summed E-state index contributed by atoms with van der Waals surface area (Å²) in [6, 6.07) is 24.3. The van der Waals surface area contributed by atoms with Crippen LogP contribution in [0.1, 0.15) is 27.7 Å². The van der Waals surface area contributed by atoms with Crippen molar-refractivity contribution < 1.29 is 14.3 Å². The molecule has 1 amide bonds. The SMILES string of the molecule is COc1ccc(CCN2C(=O)c3ccccc3NC2c2ccc(N3CCOCC3)cc2)cc1. The minimum atomic E-state index is -0.218. The van der Waals surface area contributed by atoms with Gasteiger partial charge < -0.3 is 24.6 Å². The van der Waals surface area contributed by atoms with Crippen LogP contribution in [-0.4, -0.2) is 50.8 Å². The Morgan fingerprint density at radius 2 is 1.70 bits per heavy atom. The van der Waals surface area contributed by atoms with Gasteiger partial charge in [0.15, 0.2) is 0 Å². The summed E-state index contributed by atoms with van der Waals surface area (Å²) in [5, 5.41) is 3.60. The highest BCUT2D eigenvalue weighted by Gasteiger charge is 2.32. The first-order valence-electron chi connectivity index (χ1n) is 11.4. The van der Waals surface area contributed by atoms with Gasteiger partial charge in [-0.25, -0.2) is 0 Å². The van der Waals surface area contributed by atoms with Crippen molar-refractivity contribution in [1.29, 1.82) is 0 Å². The largest absolute Gasteiger partial charge is 0.497 e. The number of nitrogens with one attached hydrogen (secondary N) is 1. The number of fused-ring (bicyclic) bond motifs is 1. The van der Waals surface area contributed by atoms with Crippen LogP contribution >= 0.6 is 0 Å². The maximum absolute atomic E-state index is 13.5. The second-order valence-electron chi connectivity index (χ2n) is 8.38. The molecule has 3 aromatic carbocycles. The number of para-hydroxylation sites is 1. The number of rotatable bonds is 6. The van der Waals surface area contributed by atoms with Gasteiger partial charge in [-0.3, -0.25) is 4.79 Å². The van der Waals surface area contributed by atoms with E-state index in [1.54, 1.807) is 7.11 Å². The van der Waals surface area contributed by atoms with Crippen molar-refractivity contribution in [3.05, 3.63) is 89.5 Å². The Kier molecular flexibility index (Phi) is 6.17. The Labute approximate surface area is 194 Å². The zero-order valence-corrected chi connectivity index (χ0v) is 18.9. The summed E-state index contributed by atoms with van der Waals surface area (Å²) in [4.78, 5) is 17.8. The highest BCUT2D eigenvalue weighted by Crippen LogP contribution is 2.34. The third-order valence-corrected chi connectivity index (χ3v) is 6.41. The average Bonchev–Trinajstić information content (AvgIpc) is 2.89.